The predicted octanol–water partition coefficient (Wildman–Crippen LogP) is -1.84. The predicted molar refractivity (Wildman–Crippen MR) is 56.5 cm³/mol. The average molecular weight is 247 g/mol. The van der Waals surface area contributed by atoms with E-state index < -0.39 is 28.0 Å². The van der Waals surface area contributed by atoms with E-state index >= 15 is 0 Å². The Bertz CT molecular complexity index is 410. The van der Waals surface area contributed by atoms with Crippen molar-refractivity contribution in [1.29, 1.82) is 0 Å². The van der Waals surface area contributed by atoms with Crippen LogP contribution >= 0.6 is 0 Å². The minimum Gasteiger partial charge on any atom is -0.480 e. The Hall–Kier alpha value is -1.10. The molecule has 6 nitrogen and oxygen atoms in total. The molecular formula is C9H13NO5S. The first-order chi connectivity index (χ1) is 7.35. The van der Waals surface area contributed by atoms with Crippen LogP contribution in [-0.2, 0) is 14.6 Å². The third-order valence-corrected chi connectivity index (χ3v) is 4.09. The van der Waals surface area contributed by atoms with Crippen molar-refractivity contribution in [3.8, 4) is 12.3 Å². The van der Waals surface area contributed by atoms with E-state index in [9.17, 15) is 18.3 Å². The van der Waals surface area contributed by atoms with Crippen molar-refractivity contribution in [2.24, 2.45) is 0 Å². The van der Waals surface area contributed by atoms with E-state index in [2.05, 4.69) is 5.92 Å². The lowest BCUT2D eigenvalue weighted by atomic mass is 10.2. The Balaban J connectivity index is 2.80. The molecule has 16 heavy (non-hydrogen) atoms. The summed E-state index contributed by atoms with van der Waals surface area (Å²) in [7, 11) is -3.30. The average Bonchev–Trinajstić information content (AvgIpc) is 2.38. The number of terminal acetylenes is 1. The van der Waals surface area contributed by atoms with Gasteiger partial charge in [-0.15, -0.1) is 6.42 Å². The second-order valence-electron chi connectivity index (χ2n) is 3.71. The summed E-state index contributed by atoms with van der Waals surface area (Å²) in [5.74, 6) is 0.568. The fraction of sp³-hybridized carbons (Fsp3) is 0.667. The molecule has 0 bridgehead atoms. The molecule has 1 aliphatic rings. The molecule has 7 heteroatoms. The van der Waals surface area contributed by atoms with Crippen molar-refractivity contribution in [1.82, 2.24) is 4.90 Å². The molecule has 1 saturated heterocycles. The van der Waals surface area contributed by atoms with Crippen LogP contribution in [0.4, 0.5) is 0 Å². The summed E-state index contributed by atoms with van der Waals surface area (Å²) in [6, 6.07) is -0.725. The van der Waals surface area contributed by atoms with Crippen LogP contribution in [0.15, 0.2) is 0 Å². The summed E-state index contributed by atoms with van der Waals surface area (Å²) in [6.45, 7) is -0.370. The molecular weight excluding hydrogens is 234 g/mol. The highest BCUT2D eigenvalue weighted by Crippen LogP contribution is 2.18. The zero-order valence-corrected chi connectivity index (χ0v) is 9.35. The summed E-state index contributed by atoms with van der Waals surface area (Å²) in [6.07, 6.45) is 4.00. The van der Waals surface area contributed by atoms with E-state index in [4.69, 9.17) is 11.5 Å². The summed E-state index contributed by atoms with van der Waals surface area (Å²) < 4.78 is 22.5. The molecule has 0 saturated carbocycles. The lowest BCUT2D eigenvalue weighted by Gasteiger charge is -2.26. The van der Waals surface area contributed by atoms with Crippen LogP contribution in [0, 0.1) is 12.3 Å². The van der Waals surface area contributed by atoms with Crippen molar-refractivity contribution in [2.75, 3.05) is 24.6 Å². The fourth-order valence-electron chi connectivity index (χ4n) is 1.74. The Morgan fingerprint density at radius 3 is 2.50 bits per heavy atom. The molecule has 0 aromatic rings. The van der Waals surface area contributed by atoms with E-state index in [0.717, 1.165) is 0 Å². The lowest BCUT2D eigenvalue weighted by molar-refractivity contribution is -0.139. The van der Waals surface area contributed by atoms with Gasteiger partial charge in [-0.05, 0) is 0 Å². The zero-order valence-electron chi connectivity index (χ0n) is 8.54. The van der Waals surface area contributed by atoms with Gasteiger partial charge in [0.25, 0.3) is 0 Å². The van der Waals surface area contributed by atoms with Gasteiger partial charge in [0.05, 0.1) is 36.7 Å². The van der Waals surface area contributed by atoms with E-state index in [1.165, 1.54) is 4.90 Å². The van der Waals surface area contributed by atoms with Gasteiger partial charge in [0.15, 0.2) is 9.84 Å². The monoisotopic (exact) mass is 247 g/mol. The van der Waals surface area contributed by atoms with E-state index in [-0.39, 0.29) is 24.6 Å². The minimum absolute atomic E-state index is 0.00352. The van der Waals surface area contributed by atoms with Gasteiger partial charge >= 0.3 is 5.97 Å². The number of carbonyl (C=O) groups is 1. The third kappa shape index (κ3) is 3.20. The number of carboxylic acid groups (broad SMARTS) is 1. The standard InChI is InChI=1S/C9H13NO5S/c1-2-3-10(4-9(12)13)7-5-16(14,15)6-8(7)11/h1,7-8,11H,3-6H2,(H,12,13). The van der Waals surface area contributed by atoms with Gasteiger partial charge in [0.1, 0.15) is 0 Å². The third-order valence-electron chi connectivity index (χ3n) is 2.40. The molecule has 90 valence electrons. The van der Waals surface area contributed by atoms with E-state index in [1.807, 2.05) is 0 Å². The Morgan fingerprint density at radius 1 is 1.50 bits per heavy atom. The maximum absolute atomic E-state index is 11.3. The molecule has 0 amide bonds. The quantitative estimate of drug-likeness (QED) is 0.567. The van der Waals surface area contributed by atoms with Crippen molar-refractivity contribution >= 4 is 15.8 Å². The second kappa shape index (κ2) is 4.82. The molecule has 2 unspecified atom stereocenters. The van der Waals surface area contributed by atoms with Gasteiger partial charge in [-0.2, -0.15) is 0 Å². The van der Waals surface area contributed by atoms with Crippen LogP contribution in [0.5, 0.6) is 0 Å². The number of sulfone groups is 1. The topological polar surface area (TPSA) is 94.9 Å². The van der Waals surface area contributed by atoms with Crippen LogP contribution in [0.3, 0.4) is 0 Å². The van der Waals surface area contributed by atoms with Crippen LogP contribution in [0.1, 0.15) is 0 Å². The summed E-state index contributed by atoms with van der Waals surface area (Å²) >= 11 is 0. The maximum atomic E-state index is 11.3. The van der Waals surface area contributed by atoms with Crippen LogP contribution < -0.4 is 0 Å². The fourth-order valence-corrected chi connectivity index (χ4v) is 3.57. The van der Waals surface area contributed by atoms with Gasteiger partial charge in [-0.25, -0.2) is 8.42 Å². The molecule has 1 aliphatic heterocycles. The van der Waals surface area contributed by atoms with E-state index in [0.29, 0.717) is 0 Å². The van der Waals surface area contributed by atoms with Gasteiger partial charge in [-0.1, -0.05) is 5.92 Å². The number of nitrogens with zero attached hydrogens (tertiary/aromatic N) is 1. The molecule has 0 aromatic carbocycles. The van der Waals surface area contributed by atoms with Crippen molar-refractivity contribution in [3.63, 3.8) is 0 Å². The van der Waals surface area contributed by atoms with Crippen LogP contribution in [0.2, 0.25) is 0 Å². The number of rotatable bonds is 4. The zero-order chi connectivity index (χ0) is 12.3. The van der Waals surface area contributed by atoms with Gasteiger partial charge in [0, 0.05) is 0 Å². The smallest absolute Gasteiger partial charge is 0.317 e. The molecule has 0 aliphatic carbocycles. The van der Waals surface area contributed by atoms with Crippen LogP contribution in [-0.4, -0.2) is 66.2 Å². The maximum Gasteiger partial charge on any atom is 0.317 e. The van der Waals surface area contributed by atoms with Crippen LogP contribution in [0.25, 0.3) is 0 Å². The first-order valence-corrected chi connectivity index (χ1v) is 6.45. The second-order valence-corrected chi connectivity index (χ2v) is 5.87. The molecule has 0 aromatic heterocycles. The lowest BCUT2D eigenvalue weighted by Crippen LogP contribution is -2.45. The van der Waals surface area contributed by atoms with Gasteiger partial charge < -0.3 is 10.2 Å². The molecule has 0 spiro atoms. The Morgan fingerprint density at radius 2 is 2.12 bits per heavy atom. The summed E-state index contributed by atoms with van der Waals surface area (Å²) in [4.78, 5) is 11.9. The molecule has 2 atom stereocenters. The first kappa shape index (κ1) is 13.0. The van der Waals surface area contributed by atoms with Crippen molar-refractivity contribution in [3.05, 3.63) is 0 Å². The summed E-state index contributed by atoms with van der Waals surface area (Å²) in [5.41, 5.74) is 0. The molecule has 2 N–H and O–H groups in total. The van der Waals surface area contributed by atoms with Crippen molar-refractivity contribution < 1.29 is 23.4 Å². The van der Waals surface area contributed by atoms with E-state index in [1.54, 1.807) is 0 Å². The molecule has 1 heterocycles. The van der Waals surface area contributed by atoms with Gasteiger partial charge in [0.2, 0.25) is 0 Å². The highest BCUT2D eigenvalue weighted by molar-refractivity contribution is 7.91. The Kier molecular flexibility index (Phi) is 3.91. The number of hydrogen-bond acceptors (Lipinski definition) is 5. The number of aliphatic hydroxyl groups excluding tert-OH is 1. The number of carboxylic acids is 1. The van der Waals surface area contributed by atoms with Gasteiger partial charge in [-0.3, -0.25) is 9.69 Å². The number of hydrogen-bond donors (Lipinski definition) is 2. The highest BCUT2D eigenvalue weighted by Gasteiger charge is 2.40. The summed E-state index contributed by atoms with van der Waals surface area (Å²) in [5, 5.41) is 18.2. The SMILES string of the molecule is C#CCN(CC(=O)O)C1CS(=O)(=O)CC1O. The normalized spacial score (nSPS) is 27.8. The molecule has 0 radical (unpaired) electrons. The molecule has 1 rings (SSSR count). The molecule has 1 fully saturated rings. The number of aliphatic hydroxyl groups is 1. The van der Waals surface area contributed by atoms with Crippen molar-refractivity contribution in [2.45, 2.75) is 12.1 Å². The Labute approximate surface area is 93.8 Å². The first-order valence-electron chi connectivity index (χ1n) is 4.63. The highest BCUT2D eigenvalue weighted by atomic mass is 32.2. The number of aliphatic carboxylic acids is 1. The largest absolute Gasteiger partial charge is 0.480 e. The minimum atomic E-state index is -3.30.